The summed E-state index contributed by atoms with van der Waals surface area (Å²) in [4.78, 5) is 13.8. The molecule has 118 valence electrons. The van der Waals surface area contributed by atoms with E-state index in [2.05, 4.69) is 5.32 Å². The number of benzene rings is 1. The highest BCUT2D eigenvalue weighted by molar-refractivity contribution is 7.16. The molecule has 3 nitrogen and oxygen atoms in total. The van der Waals surface area contributed by atoms with Gasteiger partial charge >= 0.3 is 0 Å². The molecule has 3 aromatic rings. The van der Waals surface area contributed by atoms with Gasteiger partial charge in [-0.25, -0.2) is 4.39 Å². The summed E-state index contributed by atoms with van der Waals surface area (Å²) in [6, 6.07) is 11.6. The summed E-state index contributed by atoms with van der Waals surface area (Å²) in [7, 11) is 0. The third-order valence-corrected chi connectivity index (χ3v) is 5.25. The Morgan fingerprint density at radius 3 is 2.78 bits per heavy atom. The molecule has 1 atom stereocenters. The van der Waals surface area contributed by atoms with Crippen molar-refractivity contribution in [1.82, 2.24) is 5.32 Å². The van der Waals surface area contributed by atoms with Gasteiger partial charge in [-0.05, 0) is 41.1 Å². The molecular weight excluding hydrogens is 333 g/mol. The summed E-state index contributed by atoms with van der Waals surface area (Å²) >= 11 is 3.10. The fourth-order valence-corrected chi connectivity index (χ4v) is 3.84. The van der Waals surface area contributed by atoms with Crippen LogP contribution in [0.15, 0.2) is 53.2 Å². The number of carbonyl (C=O) groups is 1. The fourth-order valence-electron chi connectivity index (χ4n) is 2.12. The molecule has 23 heavy (non-hydrogen) atoms. The standard InChI is InChI=1S/C17H14FNO2S2/c18-13-4-2-1-3-12(13)17(21)19-9-14(20)16-6-5-15(23-16)11-7-8-22-10-11/h1-8,10,14,20H,9H2,(H,19,21). The number of carbonyl (C=O) groups excluding carboxylic acids is 1. The SMILES string of the molecule is O=C(NCC(O)c1ccc(-c2ccsc2)s1)c1ccccc1F. The molecule has 0 saturated heterocycles. The van der Waals surface area contributed by atoms with E-state index < -0.39 is 17.8 Å². The zero-order valence-electron chi connectivity index (χ0n) is 12.0. The normalized spacial score (nSPS) is 12.1. The van der Waals surface area contributed by atoms with Crippen LogP contribution in [0.2, 0.25) is 0 Å². The topological polar surface area (TPSA) is 49.3 Å². The van der Waals surface area contributed by atoms with Crippen molar-refractivity contribution in [3.05, 3.63) is 69.5 Å². The second kappa shape index (κ2) is 7.04. The van der Waals surface area contributed by atoms with E-state index in [0.29, 0.717) is 0 Å². The van der Waals surface area contributed by atoms with Crippen LogP contribution in [0.3, 0.4) is 0 Å². The van der Waals surface area contributed by atoms with Crippen LogP contribution in [0, 0.1) is 5.82 Å². The highest BCUT2D eigenvalue weighted by Gasteiger charge is 2.15. The zero-order chi connectivity index (χ0) is 16.2. The van der Waals surface area contributed by atoms with Gasteiger partial charge < -0.3 is 10.4 Å². The molecule has 1 aromatic carbocycles. The van der Waals surface area contributed by atoms with Gasteiger partial charge in [-0.2, -0.15) is 11.3 Å². The van der Waals surface area contributed by atoms with Crippen molar-refractivity contribution in [3.63, 3.8) is 0 Å². The van der Waals surface area contributed by atoms with E-state index in [1.807, 2.05) is 29.0 Å². The van der Waals surface area contributed by atoms with Gasteiger partial charge in [0, 0.05) is 21.9 Å². The smallest absolute Gasteiger partial charge is 0.254 e. The number of rotatable bonds is 5. The molecule has 2 heterocycles. The van der Waals surface area contributed by atoms with Gasteiger partial charge in [0.05, 0.1) is 5.56 Å². The number of nitrogens with one attached hydrogen (secondary N) is 1. The minimum Gasteiger partial charge on any atom is -0.386 e. The van der Waals surface area contributed by atoms with Gasteiger partial charge in [0.15, 0.2) is 0 Å². The summed E-state index contributed by atoms with van der Waals surface area (Å²) in [5.41, 5.74) is 1.10. The van der Waals surface area contributed by atoms with Crippen LogP contribution < -0.4 is 5.32 Å². The van der Waals surface area contributed by atoms with Crippen molar-refractivity contribution in [3.8, 4) is 10.4 Å². The van der Waals surface area contributed by atoms with E-state index in [-0.39, 0.29) is 12.1 Å². The van der Waals surface area contributed by atoms with E-state index in [1.165, 1.54) is 29.5 Å². The van der Waals surface area contributed by atoms with Crippen LogP contribution in [0.1, 0.15) is 21.3 Å². The summed E-state index contributed by atoms with van der Waals surface area (Å²) < 4.78 is 13.5. The number of hydrogen-bond acceptors (Lipinski definition) is 4. The van der Waals surface area contributed by atoms with Crippen molar-refractivity contribution in [2.45, 2.75) is 6.10 Å². The average molecular weight is 347 g/mol. The van der Waals surface area contributed by atoms with Crippen LogP contribution >= 0.6 is 22.7 Å². The predicted octanol–water partition coefficient (Wildman–Crippen LogP) is 4.08. The van der Waals surface area contributed by atoms with Crippen LogP contribution in [0.5, 0.6) is 0 Å². The lowest BCUT2D eigenvalue weighted by molar-refractivity contribution is 0.0914. The van der Waals surface area contributed by atoms with E-state index in [9.17, 15) is 14.3 Å². The van der Waals surface area contributed by atoms with Gasteiger partial charge in [-0.15, -0.1) is 11.3 Å². The molecule has 3 rings (SSSR count). The molecule has 1 amide bonds. The Kier molecular flexibility index (Phi) is 4.85. The van der Waals surface area contributed by atoms with Crippen LogP contribution in [0.25, 0.3) is 10.4 Å². The fraction of sp³-hybridized carbons (Fsp3) is 0.118. The molecule has 1 unspecified atom stereocenters. The molecule has 0 aliphatic rings. The highest BCUT2D eigenvalue weighted by Crippen LogP contribution is 2.32. The van der Waals surface area contributed by atoms with Crippen LogP contribution in [-0.4, -0.2) is 17.6 Å². The maximum Gasteiger partial charge on any atom is 0.254 e. The van der Waals surface area contributed by atoms with Crippen molar-refractivity contribution >= 4 is 28.6 Å². The summed E-state index contributed by atoms with van der Waals surface area (Å²) in [6.45, 7) is 0.0385. The number of hydrogen-bond donors (Lipinski definition) is 2. The van der Waals surface area contributed by atoms with E-state index in [4.69, 9.17) is 0 Å². The van der Waals surface area contributed by atoms with Gasteiger partial charge in [-0.1, -0.05) is 12.1 Å². The Labute approximate surface area is 141 Å². The molecule has 0 aliphatic heterocycles. The van der Waals surface area contributed by atoms with Crippen molar-refractivity contribution < 1.29 is 14.3 Å². The first-order valence-corrected chi connectivity index (χ1v) is 8.74. The Bertz CT molecular complexity index is 799. The molecule has 0 bridgehead atoms. The third kappa shape index (κ3) is 3.67. The lowest BCUT2D eigenvalue weighted by Crippen LogP contribution is -2.28. The summed E-state index contributed by atoms with van der Waals surface area (Å²) in [6.07, 6.45) is -0.817. The lowest BCUT2D eigenvalue weighted by atomic mass is 10.2. The summed E-state index contributed by atoms with van der Waals surface area (Å²) in [5, 5.41) is 16.8. The second-order valence-corrected chi connectivity index (χ2v) is 6.82. The molecule has 0 spiro atoms. The average Bonchev–Trinajstić information content (AvgIpc) is 3.23. The van der Waals surface area contributed by atoms with Crippen molar-refractivity contribution in [2.24, 2.45) is 0 Å². The van der Waals surface area contributed by atoms with E-state index in [0.717, 1.165) is 15.3 Å². The number of thiophene rings is 2. The Morgan fingerprint density at radius 1 is 1.22 bits per heavy atom. The van der Waals surface area contributed by atoms with E-state index in [1.54, 1.807) is 17.4 Å². The van der Waals surface area contributed by atoms with Crippen molar-refractivity contribution in [1.29, 1.82) is 0 Å². The highest BCUT2D eigenvalue weighted by atomic mass is 32.1. The molecule has 0 aliphatic carbocycles. The Hall–Kier alpha value is -2.02. The number of amides is 1. The van der Waals surface area contributed by atoms with Gasteiger partial charge in [0.1, 0.15) is 11.9 Å². The molecule has 0 fully saturated rings. The largest absolute Gasteiger partial charge is 0.386 e. The maximum absolute atomic E-state index is 13.5. The van der Waals surface area contributed by atoms with Gasteiger partial charge in [0.2, 0.25) is 0 Å². The molecule has 2 N–H and O–H groups in total. The Morgan fingerprint density at radius 2 is 2.04 bits per heavy atom. The monoisotopic (exact) mass is 347 g/mol. The number of aliphatic hydroxyl groups is 1. The molecule has 2 aromatic heterocycles. The number of aliphatic hydroxyl groups excluding tert-OH is 1. The third-order valence-electron chi connectivity index (χ3n) is 3.34. The molecule has 6 heteroatoms. The molecule has 0 saturated carbocycles. The van der Waals surface area contributed by atoms with Crippen molar-refractivity contribution in [2.75, 3.05) is 6.54 Å². The molecular formula is C17H14FNO2S2. The minimum atomic E-state index is -0.817. The first-order valence-electron chi connectivity index (χ1n) is 6.98. The molecule has 0 radical (unpaired) electrons. The second-order valence-electron chi connectivity index (χ2n) is 4.92. The first kappa shape index (κ1) is 15.9. The van der Waals surface area contributed by atoms with Crippen LogP contribution in [0.4, 0.5) is 4.39 Å². The van der Waals surface area contributed by atoms with Gasteiger partial charge in [0.25, 0.3) is 5.91 Å². The van der Waals surface area contributed by atoms with Gasteiger partial charge in [-0.3, -0.25) is 4.79 Å². The first-order chi connectivity index (χ1) is 11.1. The maximum atomic E-state index is 13.5. The zero-order valence-corrected chi connectivity index (χ0v) is 13.7. The number of halogens is 1. The Balaban J connectivity index is 1.62. The van der Waals surface area contributed by atoms with E-state index >= 15 is 0 Å². The lowest BCUT2D eigenvalue weighted by Gasteiger charge is -2.10. The van der Waals surface area contributed by atoms with Crippen LogP contribution in [-0.2, 0) is 0 Å². The predicted molar refractivity (Wildman–Crippen MR) is 91.3 cm³/mol. The quantitative estimate of drug-likeness (QED) is 0.731. The minimum absolute atomic E-state index is 0.0233. The summed E-state index contributed by atoms with van der Waals surface area (Å²) in [5.74, 6) is -1.10.